The summed E-state index contributed by atoms with van der Waals surface area (Å²) in [5, 5.41) is 10.2. The lowest BCUT2D eigenvalue weighted by Crippen LogP contribution is -2.21. The van der Waals surface area contributed by atoms with Gasteiger partial charge in [0.05, 0.1) is 11.3 Å². The molecule has 0 aliphatic rings. The van der Waals surface area contributed by atoms with Crippen molar-refractivity contribution in [3.63, 3.8) is 0 Å². The van der Waals surface area contributed by atoms with Gasteiger partial charge in [0.15, 0.2) is 0 Å². The van der Waals surface area contributed by atoms with Crippen LogP contribution in [0, 0.1) is 11.7 Å². The molecule has 2 aromatic carbocycles. The van der Waals surface area contributed by atoms with E-state index < -0.39 is 11.8 Å². The number of carbonyl (C=O) groups is 1. The van der Waals surface area contributed by atoms with Gasteiger partial charge < -0.3 is 10.0 Å². The minimum Gasteiger partial charge on any atom is -0.478 e. The number of carboxylic acid groups (broad SMARTS) is 1. The zero-order chi connectivity index (χ0) is 22.4. The molecule has 0 aliphatic heterocycles. The number of carboxylic acids is 1. The summed E-state index contributed by atoms with van der Waals surface area (Å²) in [5.41, 5.74) is 3.01. The van der Waals surface area contributed by atoms with Crippen molar-refractivity contribution in [2.24, 2.45) is 5.92 Å². The summed E-state index contributed by atoms with van der Waals surface area (Å²) in [5.74, 6) is -1.53. The fourth-order valence-corrected chi connectivity index (χ4v) is 3.24. The van der Waals surface area contributed by atoms with E-state index in [1.54, 1.807) is 47.5 Å². The lowest BCUT2D eigenvalue weighted by Gasteiger charge is -2.27. The molecule has 0 fully saturated rings. The number of halogens is 2. The molecule has 0 saturated carbocycles. The summed E-state index contributed by atoms with van der Waals surface area (Å²) < 4.78 is 14.4. The minimum absolute atomic E-state index is 0.153. The van der Waals surface area contributed by atoms with Crippen LogP contribution in [-0.4, -0.2) is 11.1 Å². The fourth-order valence-electron chi connectivity index (χ4n) is 3.06. The van der Waals surface area contributed by atoms with Crippen LogP contribution in [0.15, 0.2) is 73.1 Å². The Balaban J connectivity index is 2.71. The van der Waals surface area contributed by atoms with Crippen molar-refractivity contribution in [3.05, 3.63) is 95.1 Å². The highest BCUT2D eigenvalue weighted by Gasteiger charge is 2.21. The first-order chi connectivity index (χ1) is 14.2. The molecule has 1 atom stereocenters. The van der Waals surface area contributed by atoms with E-state index in [-0.39, 0.29) is 11.5 Å². The van der Waals surface area contributed by atoms with Gasteiger partial charge in [-0.25, -0.2) is 9.18 Å². The Labute approximate surface area is 182 Å². The van der Waals surface area contributed by atoms with Gasteiger partial charge in [0.25, 0.3) is 0 Å². The predicted molar refractivity (Wildman–Crippen MR) is 123 cm³/mol. The van der Waals surface area contributed by atoms with Crippen molar-refractivity contribution in [2.45, 2.75) is 33.6 Å². The standard InChI is InChI=1S/C25H27ClFNO2/c1-6-16(3)22(25(29)30)15-28(17(4)7-2)24-13-12-19(26)14-21(24)18(5)20-10-8-9-11-23(20)27/h8-16H,4-7H2,1-3H3,(H,29,30)/b22-15+. The van der Waals surface area contributed by atoms with Crippen LogP contribution in [-0.2, 0) is 4.79 Å². The molecule has 2 rings (SSSR count). The third kappa shape index (κ3) is 5.19. The summed E-state index contributed by atoms with van der Waals surface area (Å²) in [4.78, 5) is 13.6. The van der Waals surface area contributed by atoms with Crippen molar-refractivity contribution >= 4 is 28.8 Å². The molecule has 0 saturated heterocycles. The Morgan fingerprint density at radius 1 is 1.20 bits per heavy atom. The van der Waals surface area contributed by atoms with Gasteiger partial charge in [-0.15, -0.1) is 0 Å². The highest BCUT2D eigenvalue weighted by molar-refractivity contribution is 6.31. The number of aliphatic carboxylic acids is 1. The van der Waals surface area contributed by atoms with E-state index in [2.05, 4.69) is 13.2 Å². The van der Waals surface area contributed by atoms with E-state index in [9.17, 15) is 14.3 Å². The molecular formula is C25H27ClFNO2. The molecule has 2 aromatic rings. The molecule has 0 bridgehead atoms. The molecule has 0 aromatic heterocycles. The van der Waals surface area contributed by atoms with Crippen molar-refractivity contribution in [2.75, 3.05) is 4.90 Å². The number of benzene rings is 2. The molecular weight excluding hydrogens is 401 g/mol. The summed E-state index contributed by atoms with van der Waals surface area (Å²) in [6.07, 6.45) is 2.88. The predicted octanol–water partition coefficient (Wildman–Crippen LogP) is 7.29. The first kappa shape index (κ1) is 23.4. The van der Waals surface area contributed by atoms with Gasteiger partial charge in [-0.2, -0.15) is 0 Å². The van der Waals surface area contributed by atoms with Crippen LogP contribution >= 0.6 is 11.6 Å². The molecule has 5 heteroatoms. The second kappa shape index (κ2) is 10.3. The van der Waals surface area contributed by atoms with Crippen LogP contribution in [0.1, 0.15) is 44.7 Å². The molecule has 0 aliphatic carbocycles. The first-order valence-electron chi connectivity index (χ1n) is 9.86. The normalized spacial score (nSPS) is 12.4. The van der Waals surface area contributed by atoms with E-state index in [4.69, 9.17) is 11.6 Å². The smallest absolute Gasteiger partial charge is 0.333 e. The summed E-state index contributed by atoms with van der Waals surface area (Å²) >= 11 is 6.25. The minimum atomic E-state index is -0.985. The third-order valence-electron chi connectivity index (χ3n) is 5.15. The van der Waals surface area contributed by atoms with Gasteiger partial charge in [-0.1, -0.05) is 63.7 Å². The lowest BCUT2D eigenvalue weighted by molar-refractivity contribution is -0.133. The molecule has 0 amide bonds. The zero-order valence-electron chi connectivity index (χ0n) is 17.6. The molecule has 30 heavy (non-hydrogen) atoms. The SMILES string of the molecule is C=C(c1ccccc1F)c1cc(Cl)ccc1N(/C=C(/C(=O)O)C(C)CC)C(=C)CC. The van der Waals surface area contributed by atoms with E-state index in [1.807, 2.05) is 20.8 Å². The van der Waals surface area contributed by atoms with Crippen molar-refractivity contribution in [1.29, 1.82) is 0 Å². The first-order valence-corrected chi connectivity index (χ1v) is 10.2. The van der Waals surface area contributed by atoms with Crippen LogP contribution in [0.25, 0.3) is 5.57 Å². The number of rotatable bonds is 9. The van der Waals surface area contributed by atoms with Crippen molar-refractivity contribution in [3.8, 4) is 0 Å². The highest BCUT2D eigenvalue weighted by atomic mass is 35.5. The van der Waals surface area contributed by atoms with Gasteiger partial charge in [-0.05, 0) is 48.6 Å². The van der Waals surface area contributed by atoms with E-state index in [0.717, 1.165) is 0 Å². The molecule has 0 heterocycles. The van der Waals surface area contributed by atoms with Crippen LogP contribution in [0.3, 0.4) is 0 Å². The highest BCUT2D eigenvalue weighted by Crippen LogP contribution is 2.36. The maximum absolute atomic E-state index is 14.4. The Bertz CT molecular complexity index is 996. The van der Waals surface area contributed by atoms with Crippen LogP contribution in [0.5, 0.6) is 0 Å². The molecule has 3 nitrogen and oxygen atoms in total. The molecule has 158 valence electrons. The monoisotopic (exact) mass is 427 g/mol. The molecule has 1 N–H and O–H groups in total. The Morgan fingerprint density at radius 2 is 1.87 bits per heavy atom. The van der Waals surface area contributed by atoms with Gasteiger partial charge in [0, 0.05) is 28.0 Å². The number of nitrogens with zero attached hydrogens (tertiary/aromatic N) is 1. The van der Waals surface area contributed by atoms with Crippen LogP contribution < -0.4 is 4.90 Å². The van der Waals surface area contributed by atoms with Crippen molar-refractivity contribution in [1.82, 2.24) is 0 Å². The average molecular weight is 428 g/mol. The summed E-state index contributed by atoms with van der Waals surface area (Å²) in [7, 11) is 0. The van der Waals surface area contributed by atoms with E-state index >= 15 is 0 Å². The molecule has 1 unspecified atom stereocenters. The fraction of sp³-hybridized carbons (Fsp3) is 0.240. The third-order valence-corrected chi connectivity index (χ3v) is 5.38. The topological polar surface area (TPSA) is 40.5 Å². The second-order valence-corrected chi connectivity index (χ2v) is 7.54. The second-order valence-electron chi connectivity index (χ2n) is 7.11. The number of hydrogen-bond donors (Lipinski definition) is 1. The Kier molecular flexibility index (Phi) is 8.01. The van der Waals surface area contributed by atoms with E-state index in [0.29, 0.717) is 45.9 Å². The largest absolute Gasteiger partial charge is 0.478 e. The van der Waals surface area contributed by atoms with Gasteiger partial charge in [0.1, 0.15) is 5.82 Å². The zero-order valence-corrected chi connectivity index (χ0v) is 18.3. The summed E-state index contributed by atoms with van der Waals surface area (Å²) in [6, 6.07) is 11.6. The maximum atomic E-state index is 14.4. The Hall–Kier alpha value is -2.85. The quantitative estimate of drug-likeness (QED) is 0.427. The lowest BCUT2D eigenvalue weighted by atomic mass is 9.96. The average Bonchev–Trinajstić information content (AvgIpc) is 2.73. The van der Waals surface area contributed by atoms with Gasteiger partial charge >= 0.3 is 5.97 Å². The number of hydrogen-bond acceptors (Lipinski definition) is 2. The van der Waals surface area contributed by atoms with Crippen LogP contribution in [0.4, 0.5) is 10.1 Å². The maximum Gasteiger partial charge on any atom is 0.333 e. The number of allylic oxidation sites excluding steroid dienone is 1. The number of anilines is 1. The summed E-state index contributed by atoms with van der Waals surface area (Å²) in [6.45, 7) is 14.0. The molecule has 0 radical (unpaired) electrons. The van der Waals surface area contributed by atoms with E-state index in [1.165, 1.54) is 6.07 Å². The van der Waals surface area contributed by atoms with Gasteiger partial charge in [0.2, 0.25) is 0 Å². The van der Waals surface area contributed by atoms with Gasteiger partial charge in [-0.3, -0.25) is 0 Å². The van der Waals surface area contributed by atoms with Crippen LogP contribution in [0.2, 0.25) is 5.02 Å². The molecule has 0 spiro atoms. The Morgan fingerprint density at radius 3 is 2.43 bits per heavy atom. The van der Waals surface area contributed by atoms with Crippen molar-refractivity contribution < 1.29 is 14.3 Å².